The van der Waals surface area contributed by atoms with Crippen LogP contribution in [0.1, 0.15) is 25.7 Å². The first-order valence-electron chi connectivity index (χ1n) is 3.80. The van der Waals surface area contributed by atoms with E-state index in [4.69, 9.17) is 0 Å². The molecule has 0 saturated carbocycles. The Hall–Kier alpha value is -0.160. The summed E-state index contributed by atoms with van der Waals surface area (Å²) in [4.78, 5) is 0. The molecule has 0 unspecified atom stereocenters. The van der Waals surface area contributed by atoms with E-state index < -0.39 is 10.4 Å². The average Bonchev–Trinajstić information content (AvgIpc) is 2.10. The van der Waals surface area contributed by atoms with Gasteiger partial charge in [-0.1, -0.05) is 16.7 Å². The minimum Gasteiger partial charge on any atom is -0.177 e. The molecule has 0 atom stereocenters. The van der Waals surface area contributed by atoms with E-state index in [1.165, 1.54) is 0 Å². The van der Waals surface area contributed by atoms with Crippen molar-refractivity contribution < 1.29 is 12.3 Å². The molecule has 3 nitrogen and oxygen atoms in total. The van der Waals surface area contributed by atoms with Crippen LogP contribution in [0.3, 0.4) is 0 Å². The first kappa shape index (κ1) is 8.93. The van der Waals surface area contributed by atoms with Crippen molar-refractivity contribution in [3.05, 3.63) is 0 Å². The lowest BCUT2D eigenvalue weighted by Crippen LogP contribution is -2.28. The first-order valence-corrected chi connectivity index (χ1v) is 5.14. The van der Waals surface area contributed by atoms with Crippen LogP contribution in [0.25, 0.3) is 0 Å². The Kier molecular flexibility index (Phi) is 2.84. The van der Waals surface area contributed by atoms with Crippen LogP contribution in [0.4, 0.5) is 3.89 Å². The molecule has 0 aromatic carbocycles. The van der Waals surface area contributed by atoms with Gasteiger partial charge in [-0.2, -0.15) is 12.7 Å². The third-order valence-corrected chi connectivity index (χ3v) is 2.86. The van der Waals surface area contributed by atoms with Gasteiger partial charge < -0.3 is 0 Å². The number of rotatable bonds is 1. The Balaban J connectivity index is 2.57. The number of nitrogens with zero attached hydrogens (tertiary/aromatic N) is 1. The molecule has 0 N–H and O–H groups in total. The smallest absolute Gasteiger partial charge is 0.177 e. The summed E-state index contributed by atoms with van der Waals surface area (Å²) in [5.74, 6) is 0. The zero-order valence-corrected chi connectivity index (χ0v) is 7.11. The largest absolute Gasteiger partial charge is 0.374 e. The minimum atomic E-state index is -4.42. The molecule has 0 aromatic rings. The van der Waals surface area contributed by atoms with Gasteiger partial charge in [0.05, 0.1) is 0 Å². The summed E-state index contributed by atoms with van der Waals surface area (Å²) in [5, 5.41) is 0. The number of hydrogen-bond donors (Lipinski definition) is 0. The molecule has 0 radical (unpaired) electrons. The van der Waals surface area contributed by atoms with Crippen LogP contribution in [0.2, 0.25) is 0 Å². The molecule has 0 aromatic heterocycles. The first-order chi connectivity index (χ1) is 5.11. The third-order valence-electron chi connectivity index (χ3n) is 1.87. The van der Waals surface area contributed by atoms with Crippen LogP contribution >= 0.6 is 0 Å². The van der Waals surface area contributed by atoms with Crippen LogP contribution in [0.5, 0.6) is 0 Å². The van der Waals surface area contributed by atoms with Gasteiger partial charge in [0.2, 0.25) is 0 Å². The van der Waals surface area contributed by atoms with Gasteiger partial charge in [-0.15, -0.1) is 0 Å². The number of halogens is 1. The standard InChI is InChI=1S/C6H12FNO2S/c7-11(9,10)8-5-3-1-2-4-6-8/h1-6H2. The lowest BCUT2D eigenvalue weighted by molar-refractivity contribution is 0.394. The summed E-state index contributed by atoms with van der Waals surface area (Å²) < 4.78 is 34.1. The quantitative estimate of drug-likeness (QED) is 0.567. The zero-order chi connectivity index (χ0) is 8.32. The minimum absolute atomic E-state index is 0.346. The van der Waals surface area contributed by atoms with E-state index >= 15 is 0 Å². The Bertz CT molecular complexity index is 207. The highest BCUT2D eigenvalue weighted by atomic mass is 32.3. The molecule has 1 fully saturated rings. The Labute approximate surface area is 66.5 Å². The van der Waals surface area contributed by atoms with Crippen molar-refractivity contribution in [3.8, 4) is 0 Å². The van der Waals surface area contributed by atoms with Gasteiger partial charge in [0.1, 0.15) is 0 Å². The van der Waals surface area contributed by atoms with E-state index in [2.05, 4.69) is 0 Å². The lowest BCUT2D eigenvalue weighted by atomic mass is 10.2. The second-order valence-corrected chi connectivity index (χ2v) is 4.10. The van der Waals surface area contributed by atoms with Crippen molar-refractivity contribution >= 4 is 10.4 Å². The fourth-order valence-corrected chi connectivity index (χ4v) is 1.95. The van der Waals surface area contributed by atoms with E-state index in [1.54, 1.807) is 0 Å². The van der Waals surface area contributed by atoms with Gasteiger partial charge in [0.15, 0.2) is 0 Å². The Morgan fingerprint density at radius 3 is 1.82 bits per heavy atom. The molecule has 1 saturated heterocycles. The fraction of sp³-hybridized carbons (Fsp3) is 1.00. The van der Waals surface area contributed by atoms with Crippen LogP contribution in [-0.4, -0.2) is 25.8 Å². The summed E-state index contributed by atoms with van der Waals surface area (Å²) in [6, 6.07) is 0. The Morgan fingerprint density at radius 1 is 1.00 bits per heavy atom. The molecule has 0 bridgehead atoms. The van der Waals surface area contributed by atoms with Gasteiger partial charge in [-0.05, 0) is 12.8 Å². The highest BCUT2D eigenvalue weighted by Gasteiger charge is 2.21. The van der Waals surface area contributed by atoms with E-state index in [1.807, 2.05) is 0 Å². The monoisotopic (exact) mass is 181 g/mol. The summed E-state index contributed by atoms with van der Waals surface area (Å²) >= 11 is 0. The van der Waals surface area contributed by atoms with Crippen molar-refractivity contribution in [2.75, 3.05) is 13.1 Å². The SMILES string of the molecule is O=S(=O)(F)N1CCCCCC1. The third kappa shape index (κ3) is 2.75. The molecule has 5 heteroatoms. The molecule has 66 valence electrons. The Morgan fingerprint density at radius 2 is 1.45 bits per heavy atom. The van der Waals surface area contributed by atoms with Crippen LogP contribution in [0, 0.1) is 0 Å². The molecular formula is C6H12FNO2S. The maximum absolute atomic E-state index is 12.4. The van der Waals surface area contributed by atoms with E-state index in [0.717, 1.165) is 30.0 Å². The summed E-state index contributed by atoms with van der Waals surface area (Å²) in [5.41, 5.74) is 0. The molecule has 1 aliphatic rings. The molecule has 0 spiro atoms. The van der Waals surface area contributed by atoms with E-state index in [0.29, 0.717) is 13.1 Å². The summed E-state index contributed by atoms with van der Waals surface area (Å²) in [6.07, 6.45) is 3.57. The summed E-state index contributed by atoms with van der Waals surface area (Å²) in [7, 11) is -4.42. The van der Waals surface area contributed by atoms with E-state index in [-0.39, 0.29) is 0 Å². The maximum atomic E-state index is 12.4. The van der Waals surface area contributed by atoms with E-state index in [9.17, 15) is 12.3 Å². The highest BCUT2D eigenvalue weighted by molar-refractivity contribution is 7.83. The van der Waals surface area contributed by atoms with Crippen molar-refractivity contribution in [2.45, 2.75) is 25.7 Å². The van der Waals surface area contributed by atoms with Gasteiger partial charge in [-0.25, -0.2) is 0 Å². The highest BCUT2D eigenvalue weighted by Crippen LogP contribution is 2.13. The second kappa shape index (κ2) is 3.49. The topological polar surface area (TPSA) is 37.4 Å². The van der Waals surface area contributed by atoms with Crippen molar-refractivity contribution in [3.63, 3.8) is 0 Å². The normalized spacial score (nSPS) is 23.0. The van der Waals surface area contributed by atoms with Crippen molar-refractivity contribution in [1.82, 2.24) is 4.31 Å². The van der Waals surface area contributed by atoms with Gasteiger partial charge in [-0.3, -0.25) is 0 Å². The molecular weight excluding hydrogens is 169 g/mol. The molecule has 1 aliphatic heterocycles. The molecule has 1 heterocycles. The fourth-order valence-electron chi connectivity index (χ4n) is 1.26. The van der Waals surface area contributed by atoms with Crippen molar-refractivity contribution in [1.29, 1.82) is 0 Å². The molecule has 0 amide bonds. The average molecular weight is 181 g/mol. The predicted octanol–water partition coefficient (Wildman–Crippen LogP) is 1.08. The van der Waals surface area contributed by atoms with Crippen LogP contribution < -0.4 is 0 Å². The van der Waals surface area contributed by atoms with Crippen molar-refractivity contribution in [2.24, 2.45) is 0 Å². The molecule has 0 aliphatic carbocycles. The maximum Gasteiger partial charge on any atom is 0.374 e. The second-order valence-electron chi connectivity index (χ2n) is 2.76. The van der Waals surface area contributed by atoms with Gasteiger partial charge in [0.25, 0.3) is 0 Å². The lowest BCUT2D eigenvalue weighted by Gasteiger charge is -2.12. The zero-order valence-electron chi connectivity index (χ0n) is 6.29. The van der Waals surface area contributed by atoms with Gasteiger partial charge in [0, 0.05) is 13.1 Å². The molecule has 11 heavy (non-hydrogen) atoms. The summed E-state index contributed by atoms with van der Waals surface area (Å²) in [6.45, 7) is 0.692. The van der Waals surface area contributed by atoms with Gasteiger partial charge >= 0.3 is 10.4 Å². The van der Waals surface area contributed by atoms with Crippen LogP contribution in [-0.2, 0) is 10.4 Å². The number of hydrogen-bond acceptors (Lipinski definition) is 2. The van der Waals surface area contributed by atoms with Crippen LogP contribution in [0.15, 0.2) is 0 Å². The predicted molar refractivity (Wildman–Crippen MR) is 40.1 cm³/mol. The molecule has 1 rings (SSSR count).